The molecule has 10 heteroatoms. The van der Waals surface area contributed by atoms with Crippen LogP contribution in [-0.4, -0.2) is 40.9 Å². The number of amides is 2. The summed E-state index contributed by atoms with van der Waals surface area (Å²) < 4.78 is 19.2. The number of rotatable bonds is 6. The van der Waals surface area contributed by atoms with E-state index in [1.165, 1.54) is 38.6 Å². The van der Waals surface area contributed by atoms with E-state index in [-0.39, 0.29) is 16.8 Å². The van der Waals surface area contributed by atoms with Crippen LogP contribution in [0.25, 0.3) is 0 Å². The number of halogens is 1. The Hall–Kier alpha value is -4.08. The normalized spacial score (nSPS) is 10.4. The lowest BCUT2D eigenvalue weighted by molar-refractivity contribution is 0.0963. The Kier molecular flexibility index (Phi) is 6.39. The number of hydrogen-bond donors (Lipinski definition) is 3. The van der Waals surface area contributed by atoms with Gasteiger partial charge in [-0.05, 0) is 32.0 Å². The summed E-state index contributed by atoms with van der Waals surface area (Å²) >= 11 is 0. The minimum atomic E-state index is -0.743. The number of nitrogens with one attached hydrogen (secondary N) is 3. The van der Waals surface area contributed by atoms with Crippen molar-refractivity contribution in [3.63, 3.8) is 0 Å². The maximum Gasteiger partial charge on any atom is 0.258 e. The molecule has 2 heterocycles. The molecule has 31 heavy (non-hydrogen) atoms. The molecule has 0 spiro atoms. The molecule has 2 aromatic heterocycles. The van der Waals surface area contributed by atoms with Crippen LogP contribution >= 0.6 is 0 Å². The molecule has 0 aliphatic carbocycles. The molecule has 0 aliphatic rings. The van der Waals surface area contributed by atoms with E-state index in [0.29, 0.717) is 23.2 Å². The van der Waals surface area contributed by atoms with Crippen molar-refractivity contribution in [3.05, 3.63) is 65.0 Å². The van der Waals surface area contributed by atoms with E-state index in [0.717, 1.165) is 11.8 Å². The molecule has 0 aliphatic heterocycles. The van der Waals surface area contributed by atoms with E-state index < -0.39 is 17.6 Å². The zero-order valence-electron chi connectivity index (χ0n) is 17.4. The summed E-state index contributed by atoms with van der Waals surface area (Å²) in [4.78, 5) is 37.7. The van der Waals surface area contributed by atoms with Crippen molar-refractivity contribution >= 4 is 29.1 Å². The van der Waals surface area contributed by atoms with E-state index in [1.807, 2.05) is 6.92 Å². The predicted octanol–water partition coefficient (Wildman–Crippen LogP) is 2.99. The number of aryl methyl sites for hydroxylation is 2. The van der Waals surface area contributed by atoms with Gasteiger partial charge in [-0.15, -0.1) is 0 Å². The first kappa shape index (κ1) is 21.6. The number of anilines is 3. The van der Waals surface area contributed by atoms with Gasteiger partial charge in [0.25, 0.3) is 11.8 Å². The van der Waals surface area contributed by atoms with Gasteiger partial charge in [0.2, 0.25) is 0 Å². The number of carbonyl (C=O) groups is 2. The van der Waals surface area contributed by atoms with Gasteiger partial charge in [-0.25, -0.2) is 19.3 Å². The predicted molar refractivity (Wildman–Crippen MR) is 113 cm³/mol. The van der Waals surface area contributed by atoms with Crippen LogP contribution in [-0.2, 0) is 0 Å². The SMILES string of the molecule is CNC(=O)c1cnc(Nc2cc(C)nc(C)n2)cc1NC(=O)c1cc(OC)ccc1F. The number of pyridine rings is 1. The van der Waals surface area contributed by atoms with Crippen LogP contribution in [0.15, 0.2) is 36.5 Å². The van der Waals surface area contributed by atoms with Crippen molar-refractivity contribution in [1.29, 1.82) is 0 Å². The van der Waals surface area contributed by atoms with E-state index in [9.17, 15) is 14.0 Å². The van der Waals surface area contributed by atoms with E-state index >= 15 is 0 Å². The summed E-state index contributed by atoms with van der Waals surface area (Å²) in [5.41, 5.74) is 0.793. The summed E-state index contributed by atoms with van der Waals surface area (Å²) in [5.74, 6) is -0.204. The Morgan fingerprint density at radius 1 is 1.00 bits per heavy atom. The Labute approximate surface area is 178 Å². The maximum atomic E-state index is 14.2. The first-order valence-electron chi connectivity index (χ1n) is 9.27. The van der Waals surface area contributed by atoms with Crippen molar-refractivity contribution in [2.45, 2.75) is 13.8 Å². The molecule has 0 saturated heterocycles. The number of nitrogens with zero attached hydrogens (tertiary/aromatic N) is 3. The molecule has 1 aromatic carbocycles. The second-order valence-electron chi connectivity index (χ2n) is 6.56. The van der Waals surface area contributed by atoms with Crippen molar-refractivity contribution in [2.75, 3.05) is 24.8 Å². The Morgan fingerprint density at radius 2 is 1.77 bits per heavy atom. The van der Waals surface area contributed by atoms with Crippen LogP contribution in [0.4, 0.5) is 21.7 Å². The smallest absolute Gasteiger partial charge is 0.258 e. The highest BCUT2D eigenvalue weighted by Crippen LogP contribution is 2.24. The lowest BCUT2D eigenvalue weighted by atomic mass is 10.1. The molecule has 0 saturated carbocycles. The zero-order chi connectivity index (χ0) is 22.5. The van der Waals surface area contributed by atoms with Crippen LogP contribution in [0.2, 0.25) is 0 Å². The molecule has 3 aromatic rings. The standard InChI is InChI=1S/C21H21FN6O3/c1-11-7-19(26-12(2)25-11)28-18-9-17(15(10-24-18)20(29)23-3)27-21(30)14-8-13(31-4)5-6-16(14)22/h5-10H,1-4H3,(H,23,29)(H2,24,25,26,27,28,30). The first-order chi connectivity index (χ1) is 14.8. The van der Waals surface area contributed by atoms with E-state index in [1.54, 1.807) is 13.0 Å². The number of hydrogen-bond acceptors (Lipinski definition) is 7. The van der Waals surface area contributed by atoms with Crippen molar-refractivity contribution < 1.29 is 18.7 Å². The molecule has 3 N–H and O–H groups in total. The summed E-state index contributed by atoms with van der Waals surface area (Å²) in [5, 5.41) is 8.07. The summed E-state index contributed by atoms with van der Waals surface area (Å²) in [6.07, 6.45) is 1.31. The third-order valence-corrected chi connectivity index (χ3v) is 4.26. The second-order valence-corrected chi connectivity index (χ2v) is 6.56. The van der Waals surface area contributed by atoms with Crippen molar-refractivity contribution in [3.8, 4) is 5.75 Å². The van der Waals surface area contributed by atoms with Gasteiger partial charge in [0.05, 0.1) is 23.9 Å². The van der Waals surface area contributed by atoms with Gasteiger partial charge in [-0.3, -0.25) is 9.59 Å². The fraction of sp³-hybridized carbons (Fsp3) is 0.190. The maximum absolute atomic E-state index is 14.2. The Bertz CT molecular complexity index is 1130. The molecule has 0 unspecified atom stereocenters. The molecule has 0 atom stereocenters. The van der Waals surface area contributed by atoms with Crippen LogP contribution in [0.5, 0.6) is 5.75 Å². The van der Waals surface area contributed by atoms with Crippen molar-refractivity contribution in [2.24, 2.45) is 0 Å². The number of ether oxygens (including phenoxy) is 1. The summed E-state index contributed by atoms with van der Waals surface area (Å²) in [7, 11) is 2.87. The number of aromatic nitrogens is 3. The summed E-state index contributed by atoms with van der Waals surface area (Å²) in [6, 6.07) is 7.00. The molecule has 0 bridgehead atoms. The monoisotopic (exact) mass is 424 g/mol. The highest BCUT2D eigenvalue weighted by Gasteiger charge is 2.18. The number of carbonyl (C=O) groups excluding carboxylic acids is 2. The molecule has 160 valence electrons. The minimum absolute atomic E-state index is 0.111. The van der Waals surface area contributed by atoms with Crippen LogP contribution in [0.3, 0.4) is 0 Å². The van der Waals surface area contributed by atoms with Gasteiger partial charge in [0, 0.05) is 31.1 Å². The summed E-state index contributed by atoms with van der Waals surface area (Å²) in [6.45, 7) is 3.59. The lowest BCUT2D eigenvalue weighted by Gasteiger charge is -2.13. The molecule has 0 fully saturated rings. The molecular formula is C21H21FN6O3. The largest absolute Gasteiger partial charge is 0.497 e. The second kappa shape index (κ2) is 9.16. The topological polar surface area (TPSA) is 118 Å². The van der Waals surface area contributed by atoms with Crippen LogP contribution < -0.4 is 20.7 Å². The van der Waals surface area contributed by atoms with Gasteiger partial charge in [-0.2, -0.15) is 0 Å². The molecule has 3 rings (SSSR count). The van der Waals surface area contributed by atoms with E-state index in [4.69, 9.17) is 4.74 Å². The number of benzene rings is 1. The highest BCUT2D eigenvalue weighted by atomic mass is 19.1. The molecule has 0 radical (unpaired) electrons. The quantitative estimate of drug-likeness (QED) is 0.557. The zero-order valence-corrected chi connectivity index (χ0v) is 17.4. The fourth-order valence-electron chi connectivity index (χ4n) is 2.85. The van der Waals surface area contributed by atoms with Gasteiger partial charge >= 0.3 is 0 Å². The fourth-order valence-corrected chi connectivity index (χ4v) is 2.85. The van der Waals surface area contributed by atoms with Crippen LogP contribution in [0.1, 0.15) is 32.2 Å². The Morgan fingerprint density at radius 3 is 2.45 bits per heavy atom. The van der Waals surface area contributed by atoms with Gasteiger partial charge in [0.1, 0.15) is 29.0 Å². The number of methoxy groups -OCH3 is 1. The third kappa shape index (κ3) is 5.10. The van der Waals surface area contributed by atoms with Gasteiger partial charge in [-0.1, -0.05) is 0 Å². The lowest BCUT2D eigenvalue weighted by Crippen LogP contribution is -2.22. The van der Waals surface area contributed by atoms with Crippen molar-refractivity contribution in [1.82, 2.24) is 20.3 Å². The first-order valence-corrected chi connectivity index (χ1v) is 9.27. The van der Waals surface area contributed by atoms with Gasteiger partial charge in [0.15, 0.2) is 0 Å². The Balaban J connectivity index is 1.95. The minimum Gasteiger partial charge on any atom is -0.497 e. The molecule has 9 nitrogen and oxygen atoms in total. The average Bonchev–Trinajstić information content (AvgIpc) is 2.73. The van der Waals surface area contributed by atoms with Crippen LogP contribution in [0, 0.1) is 19.7 Å². The average molecular weight is 424 g/mol. The third-order valence-electron chi connectivity index (χ3n) is 4.26. The van der Waals surface area contributed by atoms with E-state index in [2.05, 4.69) is 30.9 Å². The molecule has 2 amide bonds. The molecular weight excluding hydrogens is 403 g/mol. The highest BCUT2D eigenvalue weighted by molar-refractivity contribution is 6.09. The van der Waals surface area contributed by atoms with Gasteiger partial charge < -0.3 is 20.7 Å².